The van der Waals surface area contributed by atoms with Crippen LogP contribution in [0.5, 0.6) is 0 Å². The molecule has 8 heteroatoms. The predicted octanol–water partition coefficient (Wildman–Crippen LogP) is 2.66. The molecule has 24 heavy (non-hydrogen) atoms. The highest BCUT2D eigenvalue weighted by molar-refractivity contribution is 5.86. The number of aromatic nitrogens is 7. The van der Waals surface area contributed by atoms with Crippen LogP contribution < -0.4 is 5.32 Å². The van der Waals surface area contributed by atoms with Crippen LogP contribution in [0.3, 0.4) is 0 Å². The Labute approximate surface area is 141 Å². The van der Waals surface area contributed by atoms with Gasteiger partial charge in [-0.3, -0.25) is 4.68 Å². The second kappa shape index (κ2) is 6.54. The first-order chi connectivity index (χ1) is 11.5. The summed E-state index contributed by atoms with van der Waals surface area (Å²) in [5, 5.41) is 17.0. The smallest absolute Gasteiger partial charge is 0.163 e. The molecule has 0 aliphatic rings. The normalized spacial score (nSPS) is 12.9. The second-order valence-corrected chi connectivity index (χ2v) is 6.30. The van der Waals surface area contributed by atoms with E-state index in [0.717, 1.165) is 41.3 Å². The van der Waals surface area contributed by atoms with E-state index in [0.29, 0.717) is 6.04 Å². The van der Waals surface area contributed by atoms with E-state index >= 15 is 0 Å². The van der Waals surface area contributed by atoms with Gasteiger partial charge in [0.2, 0.25) is 0 Å². The van der Waals surface area contributed by atoms with Crippen LogP contribution in [0.4, 0.5) is 5.82 Å². The van der Waals surface area contributed by atoms with Crippen molar-refractivity contribution >= 4 is 16.9 Å². The van der Waals surface area contributed by atoms with E-state index in [4.69, 9.17) is 4.98 Å². The maximum atomic E-state index is 4.70. The Hall–Kier alpha value is -2.51. The molecular formula is C16H24N8. The molecule has 0 unspecified atom stereocenters. The van der Waals surface area contributed by atoms with Crippen LogP contribution in [0.25, 0.3) is 11.0 Å². The van der Waals surface area contributed by atoms with Crippen molar-refractivity contribution in [2.45, 2.75) is 52.6 Å². The lowest BCUT2D eigenvalue weighted by atomic mass is 10.2. The molecule has 3 aromatic heterocycles. The molecule has 0 saturated carbocycles. The van der Waals surface area contributed by atoms with Crippen molar-refractivity contribution in [1.29, 1.82) is 0 Å². The van der Waals surface area contributed by atoms with E-state index < -0.39 is 0 Å². The molecule has 1 N–H and O–H groups in total. The van der Waals surface area contributed by atoms with Gasteiger partial charge in [0.25, 0.3) is 0 Å². The van der Waals surface area contributed by atoms with Gasteiger partial charge in [0, 0.05) is 19.5 Å². The minimum Gasteiger partial charge on any atom is -0.360 e. The summed E-state index contributed by atoms with van der Waals surface area (Å²) in [5.74, 6) is 2.51. The minimum absolute atomic E-state index is 0.0253. The van der Waals surface area contributed by atoms with Gasteiger partial charge in [0.15, 0.2) is 11.5 Å². The molecule has 0 fully saturated rings. The quantitative estimate of drug-likeness (QED) is 0.748. The van der Waals surface area contributed by atoms with Gasteiger partial charge in [-0.1, -0.05) is 6.92 Å². The van der Waals surface area contributed by atoms with Crippen LogP contribution in [0.15, 0.2) is 12.5 Å². The van der Waals surface area contributed by atoms with Crippen molar-refractivity contribution in [3.63, 3.8) is 0 Å². The average Bonchev–Trinajstić information content (AvgIpc) is 3.15. The van der Waals surface area contributed by atoms with E-state index in [2.05, 4.69) is 57.9 Å². The molecule has 0 bridgehead atoms. The Morgan fingerprint density at radius 3 is 2.71 bits per heavy atom. The van der Waals surface area contributed by atoms with Crippen molar-refractivity contribution in [3.05, 3.63) is 24.2 Å². The lowest BCUT2D eigenvalue weighted by Crippen LogP contribution is -2.16. The Morgan fingerprint density at radius 2 is 2.00 bits per heavy atom. The third-order valence-corrected chi connectivity index (χ3v) is 4.01. The summed E-state index contributed by atoms with van der Waals surface area (Å²) in [6.45, 7) is 8.41. The molecule has 128 valence electrons. The molecular weight excluding hydrogens is 304 g/mol. The largest absolute Gasteiger partial charge is 0.360 e. The van der Waals surface area contributed by atoms with E-state index in [9.17, 15) is 0 Å². The van der Waals surface area contributed by atoms with Gasteiger partial charge in [-0.25, -0.2) is 9.97 Å². The molecule has 0 aliphatic carbocycles. The Kier molecular flexibility index (Phi) is 4.46. The van der Waals surface area contributed by atoms with E-state index in [1.165, 1.54) is 0 Å². The fraction of sp³-hybridized carbons (Fsp3) is 0.562. The van der Waals surface area contributed by atoms with Crippen LogP contribution >= 0.6 is 0 Å². The van der Waals surface area contributed by atoms with Crippen LogP contribution in [-0.2, 0) is 13.5 Å². The van der Waals surface area contributed by atoms with Crippen LogP contribution in [0.1, 0.15) is 57.8 Å². The van der Waals surface area contributed by atoms with Gasteiger partial charge in [0.05, 0.1) is 17.6 Å². The summed E-state index contributed by atoms with van der Waals surface area (Å²) in [6.07, 6.45) is 5.40. The number of hydrogen-bond acceptors (Lipinski definition) is 6. The first-order valence-electron chi connectivity index (χ1n) is 8.35. The van der Waals surface area contributed by atoms with Gasteiger partial charge in [-0.15, -0.1) is 10.2 Å². The number of fused-ring (bicyclic) bond motifs is 1. The van der Waals surface area contributed by atoms with E-state index in [1.807, 2.05) is 7.05 Å². The molecule has 3 heterocycles. The van der Waals surface area contributed by atoms with Gasteiger partial charge in [0.1, 0.15) is 18.0 Å². The SMILES string of the molecule is CCCc1nc(N[C@H](C)c2nncn2C(C)C)c2cnn(C)c2n1. The number of aryl methyl sites for hydroxylation is 2. The Bertz CT molecular complexity index is 832. The number of rotatable bonds is 6. The molecule has 0 aromatic carbocycles. The summed E-state index contributed by atoms with van der Waals surface area (Å²) < 4.78 is 3.84. The van der Waals surface area contributed by atoms with Crippen molar-refractivity contribution in [1.82, 2.24) is 34.5 Å². The van der Waals surface area contributed by atoms with Crippen LogP contribution in [0.2, 0.25) is 0 Å². The highest BCUT2D eigenvalue weighted by atomic mass is 15.3. The third kappa shape index (κ3) is 2.95. The van der Waals surface area contributed by atoms with Gasteiger partial charge in [-0.2, -0.15) is 5.10 Å². The lowest BCUT2D eigenvalue weighted by molar-refractivity contribution is 0.552. The van der Waals surface area contributed by atoms with Crippen LogP contribution in [0, 0.1) is 0 Å². The molecule has 1 atom stereocenters. The molecule has 3 rings (SSSR count). The lowest BCUT2D eigenvalue weighted by Gasteiger charge is -2.18. The zero-order valence-electron chi connectivity index (χ0n) is 14.9. The standard InChI is InChI=1S/C16H24N8/c1-6-7-13-20-14(12-8-18-23(5)16(12)21-13)19-11(4)15-22-17-9-24(15)10(2)3/h8-11H,6-7H2,1-5H3,(H,19,20,21)/t11-/m1/s1. The molecule has 0 radical (unpaired) electrons. The number of hydrogen-bond donors (Lipinski definition) is 1. The second-order valence-electron chi connectivity index (χ2n) is 6.30. The number of nitrogens with zero attached hydrogens (tertiary/aromatic N) is 7. The fourth-order valence-corrected chi connectivity index (χ4v) is 2.74. The van der Waals surface area contributed by atoms with Gasteiger partial charge >= 0.3 is 0 Å². The van der Waals surface area contributed by atoms with Gasteiger partial charge in [-0.05, 0) is 27.2 Å². The first-order valence-corrected chi connectivity index (χ1v) is 8.35. The Balaban J connectivity index is 1.98. The summed E-state index contributed by atoms with van der Waals surface area (Å²) >= 11 is 0. The minimum atomic E-state index is -0.0253. The van der Waals surface area contributed by atoms with Crippen molar-refractivity contribution in [3.8, 4) is 0 Å². The molecule has 0 saturated heterocycles. The highest BCUT2D eigenvalue weighted by Gasteiger charge is 2.18. The zero-order valence-corrected chi connectivity index (χ0v) is 14.9. The number of anilines is 1. The van der Waals surface area contributed by atoms with Crippen molar-refractivity contribution in [2.24, 2.45) is 7.05 Å². The molecule has 0 amide bonds. The molecule has 8 nitrogen and oxygen atoms in total. The summed E-state index contributed by atoms with van der Waals surface area (Å²) in [4.78, 5) is 9.31. The first kappa shape index (κ1) is 16.4. The van der Waals surface area contributed by atoms with Crippen LogP contribution in [-0.4, -0.2) is 34.5 Å². The summed E-state index contributed by atoms with van der Waals surface area (Å²) in [6, 6.07) is 0.279. The van der Waals surface area contributed by atoms with Crippen molar-refractivity contribution < 1.29 is 0 Å². The molecule has 0 spiro atoms. The predicted molar refractivity (Wildman–Crippen MR) is 92.7 cm³/mol. The highest BCUT2D eigenvalue weighted by Crippen LogP contribution is 2.25. The fourth-order valence-electron chi connectivity index (χ4n) is 2.74. The Morgan fingerprint density at radius 1 is 1.21 bits per heavy atom. The maximum Gasteiger partial charge on any atom is 0.163 e. The maximum absolute atomic E-state index is 4.70. The van der Waals surface area contributed by atoms with E-state index in [1.54, 1.807) is 17.2 Å². The molecule has 0 aliphatic heterocycles. The zero-order chi connectivity index (χ0) is 17.3. The third-order valence-electron chi connectivity index (χ3n) is 4.01. The van der Waals surface area contributed by atoms with Gasteiger partial charge < -0.3 is 9.88 Å². The van der Waals surface area contributed by atoms with Crippen molar-refractivity contribution in [2.75, 3.05) is 5.32 Å². The number of nitrogens with one attached hydrogen (secondary N) is 1. The monoisotopic (exact) mass is 328 g/mol. The topological polar surface area (TPSA) is 86.3 Å². The van der Waals surface area contributed by atoms with E-state index in [-0.39, 0.29) is 6.04 Å². The summed E-state index contributed by atoms with van der Waals surface area (Å²) in [5.41, 5.74) is 0.841. The average molecular weight is 328 g/mol. The summed E-state index contributed by atoms with van der Waals surface area (Å²) in [7, 11) is 1.90. The molecule has 3 aromatic rings.